The van der Waals surface area contributed by atoms with Crippen LogP contribution in [0.4, 0.5) is 10.5 Å². The van der Waals surface area contributed by atoms with Gasteiger partial charge in [0, 0.05) is 44.0 Å². The molecule has 2 rings (SSSR count). The highest BCUT2D eigenvalue weighted by Crippen LogP contribution is 2.16. The number of rotatable bonds is 4. The Bertz CT molecular complexity index is 490. The predicted molar refractivity (Wildman–Crippen MR) is 91.3 cm³/mol. The molecule has 1 aliphatic rings. The van der Waals surface area contributed by atoms with Gasteiger partial charge >= 0.3 is 6.03 Å². The minimum absolute atomic E-state index is 0.0358. The van der Waals surface area contributed by atoms with Crippen LogP contribution in [0.3, 0.4) is 0 Å². The van der Waals surface area contributed by atoms with Crippen molar-refractivity contribution >= 4 is 11.7 Å². The van der Waals surface area contributed by atoms with Gasteiger partial charge in [0.15, 0.2) is 0 Å². The van der Waals surface area contributed by atoms with Crippen LogP contribution >= 0.6 is 0 Å². The summed E-state index contributed by atoms with van der Waals surface area (Å²) in [6.07, 6.45) is 0. The Morgan fingerprint density at radius 1 is 1.14 bits per heavy atom. The summed E-state index contributed by atoms with van der Waals surface area (Å²) in [5.41, 5.74) is 1.97. The van der Waals surface area contributed by atoms with Crippen LogP contribution in [0.1, 0.15) is 19.4 Å². The molecule has 1 saturated heterocycles. The fourth-order valence-electron chi connectivity index (χ4n) is 2.63. The largest absolute Gasteiger partial charge is 0.336 e. The molecule has 0 aliphatic carbocycles. The Balaban J connectivity index is 1.80. The van der Waals surface area contributed by atoms with Crippen molar-refractivity contribution in [2.45, 2.75) is 26.3 Å². The van der Waals surface area contributed by atoms with Gasteiger partial charge in [-0.15, -0.1) is 0 Å². The van der Waals surface area contributed by atoms with E-state index in [0.717, 1.165) is 31.9 Å². The fourth-order valence-corrected chi connectivity index (χ4v) is 2.63. The second-order valence-corrected chi connectivity index (χ2v) is 6.78. The molecule has 1 heterocycles. The van der Waals surface area contributed by atoms with E-state index in [0.29, 0.717) is 6.54 Å². The minimum Gasteiger partial charge on any atom is -0.336 e. The number of carbonyl (C=O) groups excluding carboxylic acids is 1. The maximum atomic E-state index is 12.0. The van der Waals surface area contributed by atoms with Crippen molar-refractivity contribution in [3.05, 3.63) is 29.8 Å². The first kappa shape index (κ1) is 16.8. The summed E-state index contributed by atoms with van der Waals surface area (Å²) in [5.74, 6) is 0. The Labute approximate surface area is 133 Å². The number of anilines is 1. The lowest BCUT2D eigenvalue weighted by Crippen LogP contribution is -2.58. The Morgan fingerprint density at radius 2 is 1.73 bits per heavy atom. The molecule has 2 N–H and O–H groups in total. The van der Waals surface area contributed by atoms with E-state index in [9.17, 15) is 4.79 Å². The molecule has 2 amide bonds. The van der Waals surface area contributed by atoms with Crippen LogP contribution in [0.2, 0.25) is 0 Å². The summed E-state index contributed by atoms with van der Waals surface area (Å²) in [4.78, 5) is 16.8. The van der Waals surface area contributed by atoms with E-state index >= 15 is 0 Å². The number of amides is 2. The zero-order valence-corrected chi connectivity index (χ0v) is 14.1. The van der Waals surface area contributed by atoms with E-state index in [1.807, 2.05) is 31.2 Å². The number of likely N-dealkylation sites (N-methyl/N-ethyl adjacent to an activating group) is 1. The highest BCUT2D eigenvalue weighted by Gasteiger charge is 2.29. The van der Waals surface area contributed by atoms with Gasteiger partial charge in [0.05, 0.1) is 0 Å². The van der Waals surface area contributed by atoms with Crippen LogP contribution in [0, 0.1) is 6.92 Å². The Kier molecular flexibility index (Phi) is 5.42. The van der Waals surface area contributed by atoms with Crippen LogP contribution in [-0.2, 0) is 0 Å². The first-order valence-electron chi connectivity index (χ1n) is 7.92. The van der Waals surface area contributed by atoms with Crippen molar-refractivity contribution in [1.82, 2.24) is 15.1 Å². The van der Waals surface area contributed by atoms with Gasteiger partial charge in [-0.3, -0.25) is 4.90 Å². The SMILES string of the molecule is Cc1ccc(NC(=O)NCC(C)(C)N2CCN(C)CC2)cc1. The number of carbonyl (C=O) groups is 1. The Hall–Kier alpha value is -1.59. The lowest BCUT2D eigenvalue weighted by Gasteiger charge is -2.43. The van der Waals surface area contributed by atoms with E-state index in [2.05, 4.69) is 41.3 Å². The van der Waals surface area contributed by atoms with E-state index in [4.69, 9.17) is 0 Å². The van der Waals surface area contributed by atoms with Gasteiger partial charge in [-0.2, -0.15) is 0 Å². The first-order valence-corrected chi connectivity index (χ1v) is 7.92. The predicted octanol–water partition coefficient (Wildman–Crippen LogP) is 2.14. The maximum Gasteiger partial charge on any atom is 0.319 e. The van der Waals surface area contributed by atoms with Crippen LogP contribution in [-0.4, -0.2) is 61.1 Å². The third-order valence-corrected chi connectivity index (χ3v) is 4.35. The summed E-state index contributed by atoms with van der Waals surface area (Å²) in [6.45, 7) is 11.3. The quantitative estimate of drug-likeness (QED) is 0.896. The van der Waals surface area contributed by atoms with E-state index < -0.39 is 0 Å². The van der Waals surface area contributed by atoms with Crippen molar-refractivity contribution in [3.8, 4) is 0 Å². The standard InChI is InChI=1S/C17H28N4O/c1-14-5-7-15(8-6-14)19-16(22)18-13-17(2,3)21-11-9-20(4)10-12-21/h5-8H,9-13H2,1-4H3,(H2,18,19,22). The highest BCUT2D eigenvalue weighted by atomic mass is 16.2. The molecule has 0 spiro atoms. The summed E-state index contributed by atoms with van der Waals surface area (Å²) in [7, 11) is 2.15. The number of urea groups is 1. The average molecular weight is 304 g/mol. The Morgan fingerprint density at radius 3 is 2.32 bits per heavy atom. The van der Waals surface area contributed by atoms with Crippen molar-refractivity contribution in [3.63, 3.8) is 0 Å². The molecule has 0 saturated carbocycles. The molecule has 22 heavy (non-hydrogen) atoms. The molecular formula is C17H28N4O. The highest BCUT2D eigenvalue weighted by molar-refractivity contribution is 5.89. The van der Waals surface area contributed by atoms with Crippen LogP contribution < -0.4 is 10.6 Å². The number of nitrogens with one attached hydrogen (secondary N) is 2. The molecule has 0 aromatic heterocycles. The molecular weight excluding hydrogens is 276 g/mol. The second-order valence-electron chi connectivity index (χ2n) is 6.78. The second kappa shape index (κ2) is 7.11. The summed E-state index contributed by atoms with van der Waals surface area (Å²) in [5, 5.41) is 5.86. The summed E-state index contributed by atoms with van der Waals surface area (Å²) >= 11 is 0. The van der Waals surface area contributed by atoms with Crippen molar-refractivity contribution in [2.24, 2.45) is 0 Å². The van der Waals surface area contributed by atoms with Crippen LogP contribution in [0.5, 0.6) is 0 Å². The van der Waals surface area contributed by atoms with Crippen LogP contribution in [0.25, 0.3) is 0 Å². The molecule has 1 aliphatic heterocycles. The summed E-state index contributed by atoms with van der Waals surface area (Å²) in [6, 6.07) is 7.67. The topological polar surface area (TPSA) is 47.6 Å². The molecule has 122 valence electrons. The minimum atomic E-state index is -0.147. The normalized spacial score (nSPS) is 17.3. The van der Waals surface area contributed by atoms with E-state index in [-0.39, 0.29) is 11.6 Å². The third kappa shape index (κ3) is 4.71. The van der Waals surface area contributed by atoms with Gasteiger partial charge < -0.3 is 15.5 Å². The average Bonchev–Trinajstić information content (AvgIpc) is 2.48. The zero-order valence-electron chi connectivity index (χ0n) is 14.1. The third-order valence-electron chi connectivity index (χ3n) is 4.35. The molecule has 5 nitrogen and oxygen atoms in total. The molecule has 0 unspecified atom stereocenters. The smallest absolute Gasteiger partial charge is 0.319 e. The van der Waals surface area contributed by atoms with Gasteiger partial charge in [0.2, 0.25) is 0 Å². The number of hydrogen-bond donors (Lipinski definition) is 2. The van der Waals surface area contributed by atoms with Crippen molar-refractivity contribution < 1.29 is 4.79 Å². The zero-order chi connectivity index (χ0) is 16.2. The monoisotopic (exact) mass is 304 g/mol. The van der Waals surface area contributed by atoms with Gasteiger partial charge in [0.1, 0.15) is 0 Å². The molecule has 1 aromatic carbocycles. The number of piperazine rings is 1. The maximum absolute atomic E-state index is 12.0. The molecule has 5 heteroatoms. The molecule has 1 fully saturated rings. The fraction of sp³-hybridized carbons (Fsp3) is 0.588. The number of benzene rings is 1. The van der Waals surface area contributed by atoms with Crippen molar-refractivity contribution in [1.29, 1.82) is 0 Å². The number of nitrogens with zero attached hydrogens (tertiary/aromatic N) is 2. The number of hydrogen-bond acceptors (Lipinski definition) is 3. The first-order chi connectivity index (χ1) is 10.4. The van der Waals surface area contributed by atoms with Gasteiger partial charge in [-0.25, -0.2) is 4.79 Å². The lowest BCUT2D eigenvalue weighted by molar-refractivity contribution is 0.0636. The van der Waals surface area contributed by atoms with Gasteiger partial charge in [-0.1, -0.05) is 17.7 Å². The summed E-state index contributed by atoms with van der Waals surface area (Å²) < 4.78 is 0. The van der Waals surface area contributed by atoms with Crippen molar-refractivity contribution in [2.75, 3.05) is 45.1 Å². The van der Waals surface area contributed by atoms with E-state index in [1.54, 1.807) is 0 Å². The molecule has 0 radical (unpaired) electrons. The van der Waals surface area contributed by atoms with Gasteiger partial charge in [0.25, 0.3) is 0 Å². The van der Waals surface area contributed by atoms with Crippen LogP contribution in [0.15, 0.2) is 24.3 Å². The van der Waals surface area contributed by atoms with E-state index in [1.165, 1.54) is 5.56 Å². The lowest BCUT2D eigenvalue weighted by atomic mass is 10.0. The van der Waals surface area contributed by atoms with Gasteiger partial charge in [-0.05, 0) is 40.0 Å². The molecule has 0 bridgehead atoms. The molecule has 0 atom stereocenters. The number of aryl methyl sites for hydroxylation is 1. The molecule has 1 aromatic rings.